The van der Waals surface area contributed by atoms with Gasteiger partial charge in [-0.15, -0.1) is 0 Å². The van der Waals surface area contributed by atoms with Crippen LogP contribution in [0.3, 0.4) is 0 Å². The lowest BCUT2D eigenvalue weighted by atomic mass is 10.1. The molecule has 1 heterocycles. The number of likely N-dealkylation sites (N-methyl/N-ethyl adjacent to an activating group) is 1. The number of carbonyl (C=O) groups excluding carboxylic acids is 1. The van der Waals surface area contributed by atoms with Crippen molar-refractivity contribution in [2.24, 2.45) is 0 Å². The van der Waals surface area contributed by atoms with E-state index in [2.05, 4.69) is 17.1 Å². The summed E-state index contributed by atoms with van der Waals surface area (Å²) in [4.78, 5) is 16.1. The molecule has 0 aromatic heterocycles. The van der Waals surface area contributed by atoms with Crippen molar-refractivity contribution in [1.29, 1.82) is 0 Å². The smallest absolute Gasteiger partial charge is 0.254 e. The van der Waals surface area contributed by atoms with Crippen LogP contribution in [0.25, 0.3) is 0 Å². The number of hydrogen-bond acceptors (Lipinski definition) is 3. The van der Waals surface area contributed by atoms with E-state index >= 15 is 0 Å². The summed E-state index contributed by atoms with van der Waals surface area (Å²) in [6, 6.07) is 2.17. The second kappa shape index (κ2) is 6.17. The summed E-state index contributed by atoms with van der Waals surface area (Å²) in [6.45, 7) is 5.78. The molecule has 0 aliphatic carbocycles. The zero-order valence-electron chi connectivity index (χ0n) is 11.7. The number of benzene rings is 1. The molecule has 1 aliphatic heterocycles. The number of amides is 1. The molecule has 1 aliphatic rings. The van der Waals surface area contributed by atoms with Crippen molar-refractivity contribution < 1.29 is 13.6 Å². The van der Waals surface area contributed by atoms with E-state index in [4.69, 9.17) is 0 Å². The molecule has 0 bridgehead atoms. The van der Waals surface area contributed by atoms with Crippen LogP contribution in [0, 0.1) is 11.6 Å². The molecule has 0 spiro atoms. The number of carbonyl (C=O) groups is 1. The van der Waals surface area contributed by atoms with Crippen molar-refractivity contribution in [3.63, 3.8) is 0 Å². The highest BCUT2D eigenvalue weighted by molar-refractivity contribution is 5.94. The first kappa shape index (κ1) is 14.7. The Kier molecular flexibility index (Phi) is 4.54. The zero-order chi connectivity index (χ0) is 14.7. The topological polar surface area (TPSA) is 35.6 Å². The zero-order valence-corrected chi connectivity index (χ0v) is 11.7. The molecule has 20 heavy (non-hydrogen) atoms. The van der Waals surface area contributed by atoms with Gasteiger partial charge in [-0.25, -0.2) is 8.78 Å². The summed E-state index contributed by atoms with van der Waals surface area (Å²) >= 11 is 0. The third-order valence-electron chi connectivity index (χ3n) is 3.65. The average Bonchev–Trinajstić information content (AvgIpc) is 2.46. The SMILES string of the molecule is CCN1CCN(C(=O)c2cc(F)c(NC)c(F)c2)CC1. The molecule has 110 valence electrons. The minimum atomic E-state index is -0.747. The lowest BCUT2D eigenvalue weighted by Gasteiger charge is -2.34. The van der Waals surface area contributed by atoms with Gasteiger partial charge in [-0.05, 0) is 18.7 Å². The molecule has 0 radical (unpaired) electrons. The molecule has 0 unspecified atom stereocenters. The lowest BCUT2D eigenvalue weighted by molar-refractivity contribution is 0.0642. The molecule has 0 saturated carbocycles. The number of piperazine rings is 1. The Balaban J connectivity index is 2.14. The number of nitrogens with one attached hydrogen (secondary N) is 1. The van der Waals surface area contributed by atoms with Crippen LogP contribution in [-0.2, 0) is 0 Å². The highest BCUT2D eigenvalue weighted by Crippen LogP contribution is 2.21. The highest BCUT2D eigenvalue weighted by Gasteiger charge is 2.23. The number of nitrogens with zero attached hydrogens (tertiary/aromatic N) is 2. The van der Waals surface area contributed by atoms with Crippen LogP contribution in [0.5, 0.6) is 0 Å². The molecule has 2 rings (SSSR count). The van der Waals surface area contributed by atoms with Gasteiger partial charge in [-0.2, -0.15) is 0 Å². The van der Waals surface area contributed by atoms with E-state index in [1.165, 1.54) is 7.05 Å². The fourth-order valence-electron chi connectivity index (χ4n) is 2.39. The summed E-state index contributed by atoms with van der Waals surface area (Å²) in [6.07, 6.45) is 0. The van der Waals surface area contributed by atoms with Crippen molar-refractivity contribution in [2.45, 2.75) is 6.92 Å². The van der Waals surface area contributed by atoms with E-state index in [-0.39, 0.29) is 17.2 Å². The van der Waals surface area contributed by atoms with Gasteiger partial charge in [0, 0.05) is 38.8 Å². The summed E-state index contributed by atoms with van der Waals surface area (Å²) < 4.78 is 27.3. The van der Waals surface area contributed by atoms with Gasteiger partial charge in [0.15, 0.2) is 0 Å². The van der Waals surface area contributed by atoms with Crippen LogP contribution in [0.1, 0.15) is 17.3 Å². The minimum Gasteiger partial charge on any atom is -0.383 e. The maximum atomic E-state index is 13.7. The molecular formula is C14H19F2N3O. The van der Waals surface area contributed by atoms with Crippen molar-refractivity contribution in [3.8, 4) is 0 Å². The van der Waals surface area contributed by atoms with Crippen molar-refractivity contribution in [2.75, 3.05) is 45.1 Å². The maximum absolute atomic E-state index is 13.7. The molecule has 0 atom stereocenters. The van der Waals surface area contributed by atoms with E-state index in [9.17, 15) is 13.6 Å². The third kappa shape index (κ3) is 2.90. The average molecular weight is 283 g/mol. The van der Waals surface area contributed by atoms with Crippen LogP contribution in [0.4, 0.5) is 14.5 Å². The number of rotatable bonds is 3. The van der Waals surface area contributed by atoms with Crippen LogP contribution in [0.2, 0.25) is 0 Å². The molecule has 4 nitrogen and oxygen atoms in total. The summed E-state index contributed by atoms with van der Waals surface area (Å²) in [5.41, 5.74) is -0.152. The predicted molar refractivity (Wildman–Crippen MR) is 73.9 cm³/mol. The van der Waals surface area contributed by atoms with Gasteiger partial charge in [-0.3, -0.25) is 4.79 Å². The van der Waals surface area contributed by atoms with Crippen LogP contribution >= 0.6 is 0 Å². The summed E-state index contributed by atoms with van der Waals surface area (Å²) in [7, 11) is 1.44. The Morgan fingerprint density at radius 2 is 1.75 bits per heavy atom. The number of anilines is 1. The molecule has 6 heteroatoms. The Morgan fingerprint density at radius 3 is 2.20 bits per heavy atom. The Morgan fingerprint density at radius 1 is 1.20 bits per heavy atom. The summed E-state index contributed by atoms with van der Waals surface area (Å²) in [5, 5.41) is 2.44. The van der Waals surface area contributed by atoms with Crippen LogP contribution in [-0.4, -0.2) is 55.5 Å². The fourth-order valence-corrected chi connectivity index (χ4v) is 2.39. The minimum absolute atomic E-state index is 0.0592. The van der Waals surface area contributed by atoms with Gasteiger partial charge in [0.25, 0.3) is 5.91 Å². The van der Waals surface area contributed by atoms with Crippen molar-refractivity contribution in [3.05, 3.63) is 29.3 Å². The van der Waals surface area contributed by atoms with Crippen molar-refractivity contribution in [1.82, 2.24) is 9.80 Å². The van der Waals surface area contributed by atoms with Gasteiger partial charge >= 0.3 is 0 Å². The first-order chi connectivity index (χ1) is 9.56. The first-order valence-corrected chi connectivity index (χ1v) is 6.75. The highest BCUT2D eigenvalue weighted by atomic mass is 19.1. The monoisotopic (exact) mass is 283 g/mol. The largest absolute Gasteiger partial charge is 0.383 e. The van der Waals surface area contributed by atoms with E-state index < -0.39 is 11.6 Å². The van der Waals surface area contributed by atoms with E-state index in [1.807, 2.05) is 0 Å². The van der Waals surface area contributed by atoms with Gasteiger partial charge in [0.2, 0.25) is 0 Å². The molecule has 1 aromatic carbocycles. The molecule has 1 saturated heterocycles. The van der Waals surface area contributed by atoms with E-state index in [0.717, 1.165) is 31.8 Å². The second-order valence-corrected chi connectivity index (χ2v) is 4.79. The standard InChI is InChI=1S/C14H19F2N3O/c1-3-18-4-6-19(7-5-18)14(20)10-8-11(15)13(17-2)12(16)9-10/h8-9,17H,3-7H2,1-2H3. The maximum Gasteiger partial charge on any atom is 0.254 e. The Hall–Kier alpha value is -1.69. The lowest BCUT2D eigenvalue weighted by Crippen LogP contribution is -2.48. The third-order valence-corrected chi connectivity index (χ3v) is 3.65. The quantitative estimate of drug-likeness (QED) is 0.918. The van der Waals surface area contributed by atoms with E-state index in [0.29, 0.717) is 13.1 Å². The molecule has 1 N–H and O–H groups in total. The molecule has 1 fully saturated rings. The van der Waals surface area contributed by atoms with Gasteiger partial charge in [0.05, 0.1) is 0 Å². The van der Waals surface area contributed by atoms with Gasteiger partial charge < -0.3 is 15.1 Å². The van der Waals surface area contributed by atoms with Crippen LogP contribution < -0.4 is 5.32 Å². The first-order valence-electron chi connectivity index (χ1n) is 6.75. The van der Waals surface area contributed by atoms with E-state index in [1.54, 1.807) is 4.90 Å². The molecule has 1 amide bonds. The second-order valence-electron chi connectivity index (χ2n) is 4.79. The van der Waals surface area contributed by atoms with Crippen LogP contribution in [0.15, 0.2) is 12.1 Å². The Labute approximate surface area is 117 Å². The number of hydrogen-bond donors (Lipinski definition) is 1. The Bertz CT molecular complexity index is 476. The number of halogens is 2. The molecule has 1 aromatic rings. The van der Waals surface area contributed by atoms with Gasteiger partial charge in [0.1, 0.15) is 17.3 Å². The summed E-state index contributed by atoms with van der Waals surface area (Å²) in [5.74, 6) is -1.81. The van der Waals surface area contributed by atoms with Crippen molar-refractivity contribution >= 4 is 11.6 Å². The van der Waals surface area contributed by atoms with Gasteiger partial charge in [-0.1, -0.05) is 6.92 Å². The fraction of sp³-hybridized carbons (Fsp3) is 0.500. The molecular weight excluding hydrogens is 264 g/mol. The normalized spacial score (nSPS) is 16.3. The predicted octanol–water partition coefficient (Wildman–Crippen LogP) is 1.78.